The number of hydrogen-bond donors (Lipinski definition) is 3. The number of hydrogen-bond acceptors (Lipinski definition) is 5. The lowest BCUT2D eigenvalue weighted by Gasteiger charge is -2.22. The zero-order valence-electron chi connectivity index (χ0n) is 22.2. The second-order valence-electron chi connectivity index (χ2n) is 9.39. The second-order valence-corrected chi connectivity index (χ2v) is 12.9. The highest BCUT2D eigenvalue weighted by Gasteiger charge is 2.28. The summed E-state index contributed by atoms with van der Waals surface area (Å²) in [4.78, 5) is 14.3. The van der Waals surface area contributed by atoms with Crippen molar-refractivity contribution in [1.82, 2.24) is 0 Å². The lowest BCUT2D eigenvalue weighted by molar-refractivity contribution is 0.258. The van der Waals surface area contributed by atoms with Gasteiger partial charge in [-0.15, -0.1) is 0 Å². The fraction of sp³-hybridized carbons (Fsp3) is 0.138. The minimum atomic E-state index is -4.10. The molecule has 0 heterocycles. The molecule has 0 aromatic heterocycles. The van der Waals surface area contributed by atoms with Gasteiger partial charge in [-0.2, -0.15) is 0 Å². The van der Waals surface area contributed by atoms with Crippen molar-refractivity contribution in [3.05, 3.63) is 114 Å². The summed E-state index contributed by atoms with van der Waals surface area (Å²) in [5.74, 6) is 0. The number of anilines is 4. The minimum Gasteiger partial charge on any atom is -0.307 e. The Bertz CT molecular complexity index is 1710. The molecule has 3 N–H and O–H groups in total. The lowest BCUT2D eigenvalue weighted by atomic mass is 10.0. The molecule has 1 aliphatic carbocycles. The number of para-hydroxylation sites is 1. The number of nitrogens with zero attached hydrogens (tertiary/aromatic N) is 1. The highest BCUT2D eigenvalue weighted by molar-refractivity contribution is 7.94. The van der Waals surface area contributed by atoms with E-state index in [-0.39, 0.29) is 22.0 Å². The molecule has 3 aromatic carbocycles. The molecule has 0 bridgehead atoms. The number of nitrogens with one attached hydrogen (secondary N) is 3. The van der Waals surface area contributed by atoms with E-state index in [1.165, 1.54) is 41.3 Å². The molecule has 9 nitrogen and oxygen atoms in total. The smallest absolute Gasteiger partial charge is 0.307 e. The maximum Gasteiger partial charge on any atom is 0.326 e. The molecule has 1 atom stereocenters. The number of rotatable bonds is 8. The van der Waals surface area contributed by atoms with E-state index in [0.29, 0.717) is 11.3 Å². The predicted octanol–water partition coefficient (Wildman–Crippen LogP) is 5.65. The first-order chi connectivity index (χ1) is 18.9. The van der Waals surface area contributed by atoms with Crippen molar-refractivity contribution in [2.24, 2.45) is 0 Å². The van der Waals surface area contributed by atoms with Gasteiger partial charge in [0.1, 0.15) is 5.25 Å². The van der Waals surface area contributed by atoms with Gasteiger partial charge in [-0.05, 0) is 61.9 Å². The molecule has 2 amide bonds. The van der Waals surface area contributed by atoms with Crippen molar-refractivity contribution in [2.75, 3.05) is 26.7 Å². The summed E-state index contributed by atoms with van der Waals surface area (Å²) in [6, 6.07) is 18.9. The Morgan fingerprint density at radius 3 is 2.20 bits per heavy atom. The molecule has 1 unspecified atom stereocenters. The summed E-state index contributed by atoms with van der Waals surface area (Å²) in [5, 5.41) is 1.68. The third-order valence-electron chi connectivity index (χ3n) is 6.19. The molecule has 3 aromatic rings. The van der Waals surface area contributed by atoms with E-state index in [0.717, 1.165) is 11.1 Å². The van der Waals surface area contributed by atoms with Crippen LogP contribution in [0.15, 0.2) is 114 Å². The van der Waals surface area contributed by atoms with Crippen LogP contribution in [0, 0.1) is 6.92 Å². The number of carbonyl (C=O) groups is 1. The SMILES string of the molecule is C=C1C=C(C)C=CC1S(=O)(=O)Nc1ccc(NC(=O)N(C)c2ccccc2)cc1NS(=O)(=O)c1ccc(C)cc1. The van der Waals surface area contributed by atoms with Gasteiger partial charge in [0.2, 0.25) is 10.0 Å². The summed E-state index contributed by atoms with van der Waals surface area (Å²) >= 11 is 0. The van der Waals surface area contributed by atoms with Crippen LogP contribution in [0.1, 0.15) is 12.5 Å². The van der Waals surface area contributed by atoms with Gasteiger partial charge < -0.3 is 5.32 Å². The van der Waals surface area contributed by atoms with E-state index in [1.54, 1.807) is 55.6 Å². The molecule has 0 aliphatic heterocycles. The predicted molar refractivity (Wildman–Crippen MR) is 161 cm³/mol. The molecule has 1 aliphatic rings. The van der Waals surface area contributed by atoms with Gasteiger partial charge in [-0.3, -0.25) is 14.3 Å². The lowest BCUT2D eigenvalue weighted by Crippen LogP contribution is -2.31. The zero-order chi connectivity index (χ0) is 29.1. The van der Waals surface area contributed by atoms with E-state index in [9.17, 15) is 21.6 Å². The molecule has 0 radical (unpaired) electrons. The van der Waals surface area contributed by atoms with Crippen LogP contribution in [0.4, 0.5) is 27.5 Å². The van der Waals surface area contributed by atoms with Crippen molar-refractivity contribution in [1.29, 1.82) is 0 Å². The first kappa shape index (κ1) is 28.7. The number of urea groups is 1. The molecule has 0 saturated heterocycles. The van der Waals surface area contributed by atoms with Crippen LogP contribution in [0.3, 0.4) is 0 Å². The third-order valence-corrected chi connectivity index (χ3v) is 9.21. The summed E-state index contributed by atoms with van der Waals surface area (Å²) in [6.45, 7) is 7.52. The molecule has 0 saturated carbocycles. The van der Waals surface area contributed by atoms with Crippen LogP contribution < -0.4 is 19.7 Å². The van der Waals surface area contributed by atoms with Crippen molar-refractivity contribution in [2.45, 2.75) is 24.0 Å². The Labute approximate surface area is 235 Å². The monoisotopic (exact) mass is 578 g/mol. The summed E-state index contributed by atoms with van der Waals surface area (Å²) < 4.78 is 58.0. The van der Waals surface area contributed by atoms with Gasteiger partial charge >= 0.3 is 6.03 Å². The molecular weight excluding hydrogens is 548 g/mol. The van der Waals surface area contributed by atoms with Crippen molar-refractivity contribution in [3.8, 4) is 0 Å². The second kappa shape index (κ2) is 11.4. The Morgan fingerprint density at radius 2 is 1.55 bits per heavy atom. The minimum absolute atomic E-state index is 0.00522. The van der Waals surface area contributed by atoms with Gasteiger partial charge in [-0.25, -0.2) is 21.6 Å². The molecule has 208 valence electrons. The normalized spacial score (nSPS) is 15.2. The van der Waals surface area contributed by atoms with Gasteiger partial charge in [0.25, 0.3) is 10.0 Å². The Kier molecular flexibility index (Phi) is 8.17. The molecule has 11 heteroatoms. The highest BCUT2D eigenvalue weighted by Crippen LogP contribution is 2.32. The standard InChI is InChI=1S/C29H30N4O5S2/c1-20-10-14-25(15-11-20)39(35,36)32-27-19-23(30-29(34)33(4)24-8-6-5-7-9-24)13-16-26(27)31-40(37,38)28-17-12-21(2)18-22(28)3/h5-19,28,31-32H,3H2,1-2,4H3,(H,30,34). The van der Waals surface area contributed by atoms with E-state index < -0.39 is 31.3 Å². The van der Waals surface area contributed by atoms with E-state index >= 15 is 0 Å². The number of allylic oxidation sites excluding steroid dienone is 3. The summed E-state index contributed by atoms with van der Waals surface area (Å²) in [6.07, 6.45) is 4.87. The molecule has 40 heavy (non-hydrogen) atoms. The Morgan fingerprint density at radius 1 is 0.875 bits per heavy atom. The van der Waals surface area contributed by atoms with E-state index in [1.807, 2.05) is 19.9 Å². The first-order valence-corrected chi connectivity index (χ1v) is 15.3. The highest BCUT2D eigenvalue weighted by atomic mass is 32.2. The van der Waals surface area contributed by atoms with Crippen molar-refractivity contribution >= 4 is 48.8 Å². The maximum atomic E-state index is 13.3. The molecule has 4 rings (SSSR count). The van der Waals surface area contributed by atoms with Crippen LogP contribution in [0.5, 0.6) is 0 Å². The van der Waals surface area contributed by atoms with Gasteiger partial charge in [0, 0.05) is 18.4 Å². The number of benzene rings is 3. The Balaban J connectivity index is 1.68. The fourth-order valence-electron chi connectivity index (χ4n) is 4.00. The molecule has 0 fully saturated rings. The van der Waals surface area contributed by atoms with Crippen LogP contribution in [-0.2, 0) is 20.0 Å². The third kappa shape index (κ3) is 6.61. The topological polar surface area (TPSA) is 125 Å². The van der Waals surface area contributed by atoms with Gasteiger partial charge in [0.05, 0.1) is 16.3 Å². The number of carbonyl (C=O) groups excluding carboxylic acids is 1. The van der Waals surface area contributed by atoms with Crippen LogP contribution in [0.25, 0.3) is 0 Å². The Hall–Kier alpha value is -4.35. The van der Waals surface area contributed by atoms with Crippen LogP contribution in [0.2, 0.25) is 0 Å². The average molecular weight is 579 g/mol. The van der Waals surface area contributed by atoms with Crippen LogP contribution >= 0.6 is 0 Å². The number of aryl methyl sites for hydroxylation is 1. The van der Waals surface area contributed by atoms with Crippen molar-refractivity contribution < 1.29 is 21.6 Å². The molecular formula is C29H30N4O5S2. The van der Waals surface area contributed by atoms with Gasteiger partial charge in [0.15, 0.2) is 0 Å². The largest absolute Gasteiger partial charge is 0.326 e. The van der Waals surface area contributed by atoms with Crippen LogP contribution in [-0.4, -0.2) is 35.2 Å². The average Bonchev–Trinajstić information content (AvgIpc) is 2.90. The molecule has 0 spiro atoms. The summed E-state index contributed by atoms with van der Waals surface area (Å²) in [7, 11) is -6.57. The van der Waals surface area contributed by atoms with E-state index in [2.05, 4.69) is 21.3 Å². The first-order valence-electron chi connectivity index (χ1n) is 12.3. The maximum absolute atomic E-state index is 13.3. The quantitative estimate of drug-likeness (QED) is 0.319. The number of sulfonamides is 2. The van der Waals surface area contributed by atoms with Gasteiger partial charge in [-0.1, -0.05) is 66.3 Å². The van der Waals surface area contributed by atoms with Crippen molar-refractivity contribution in [3.63, 3.8) is 0 Å². The summed E-state index contributed by atoms with van der Waals surface area (Å²) in [5.41, 5.74) is 2.93. The van der Waals surface area contributed by atoms with E-state index in [4.69, 9.17) is 0 Å². The zero-order valence-corrected chi connectivity index (χ0v) is 23.9. The number of amides is 2. The fourth-order valence-corrected chi connectivity index (χ4v) is 6.43.